The largest absolute Gasteiger partial charge is 0.443 e. The third-order valence-corrected chi connectivity index (χ3v) is 18.1. The number of hydrogen-bond donors (Lipinski definition) is 2. The van der Waals surface area contributed by atoms with Gasteiger partial charge in [-0.15, -0.1) is 0 Å². The molecule has 0 radical (unpaired) electrons. The molecule has 5 saturated heterocycles. The normalized spacial score (nSPS) is 22.5. The van der Waals surface area contributed by atoms with Crippen LogP contribution in [0.4, 0.5) is 15.0 Å². The zero-order valence-corrected chi connectivity index (χ0v) is 46.5. The van der Waals surface area contributed by atoms with Gasteiger partial charge in [-0.3, -0.25) is 19.4 Å². The number of aromatic amines is 1. The summed E-state index contributed by atoms with van der Waals surface area (Å²) in [7, 11) is 0. The molecular weight excluding hydrogens is 1010 g/mol. The highest BCUT2D eigenvalue weighted by molar-refractivity contribution is 6.30. The number of hydrogen-bond acceptors (Lipinski definition) is 11. The molecule has 2 atom stereocenters. The number of amidine groups is 1. The van der Waals surface area contributed by atoms with Crippen LogP contribution in [-0.2, 0) is 19.1 Å². The van der Waals surface area contributed by atoms with Crippen LogP contribution >= 0.6 is 11.6 Å². The fourth-order valence-electron chi connectivity index (χ4n) is 13.2. The molecule has 0 bridgehead atoms. The van der Waals surface area contributed by atoms with Crippen LogP contribution in [0.3, 0.4) is 0 Å². The fraction of sp³-hybridized carbons (Fsp3) is 0.617. The quantitative estimate of drug-likeness (QED) is 0.116. The predicted molar refractivity (Wildman–Crippen MR) is 298 cm³/mol. The van der Waals surface area contributed by atoms with E-state index in [0.717, 1.165) is 125 Å². The molecule has 4 amide bonds. The minimum Gasteiger partial charge on any atom is -0.443 e. The maximum absolute atomic E-state index is 16.3. The third kappa shape index (κ3) is 12.1. The number of ether oxygens (including phenoxy) is 2. The lowest BCUT2D eigenvalue weighted by atomic mass is 9.82. The van der Waals surface area contributed by atoms with Gasteiger partial charge in [-0.05, 0) is 151 Å². The van der Waals surface area contributed by atoms with Crippen LogP contribution in [0.5, 0.6) is 0 Å². The van der Waals surface area contributed by atoms with E-state index in [2.05, 4.69) is 30.1 Å². The van der Waals surface area contributed by atoms with E-state index < -0.39 is 28.9 Å². The standard InChI is InChI=1S/C60H78ClFN10O6/c1-59(2,3)78-58(76)72-57(60(72)26-36-69(37-27-60)53-48-18-28-63-52(48)64-38-65-53)66-49(40-14-16-43(61)17-15-40)25-31-68-29-21-44(22-30-68)77-45-23-34-71(35-24-45)56(75)51(41-8-5-4-6-9-41)67-54(73)47-11-7-10-46(50(47)62)39-19-32-70(33-20-39)55(74)42-12-13-42/h7,10-11,14-18,28,38-39,41-42,44-45,49,51H,4-6,8-9,12-13,19-27,29-37H2,1-3H3,(H,67,73)(H,63,64,65)/t49-,51+,72?/m0/s1. The number of aliphatic imine (C=N–C) groups is 1. The van der Waals surface area contributed by atoms with Crippen molar-refractivity contribution >= 4 is 58.1 Å². The smallest absolute Gasteiger partial charge is 0.416 e. The van der Waals surface area contributed by atoms with Crippen molar-refractivity contribution in [1.82, 2.24) is 39.9 Å². The van der Waals surface area contributed by atoms with Gasteiger partial charge in [-0.25, -0.2) is 24.1 Å². The van der Waals surface area contributed by atoms with E-state index in [1.54, 1.807) is 23.4 Å². The molecule has 418 valence electrons. The van der Waals surface area contributed by atoms with E-state index in [9.17, 15) is 19.2 Å². The van der Waals surface area contributed by atoms with Gasteiger partial charge in [0.1, 0.15) is 46.6 Å². The van der Waals surface area contributed by atoms with Gasteiger partial charge in [-0.2, -0.15) is 0 Å². The number of H-pyrrole nitrogens is 1. The Morgan fingerprint density at radius 3 is 2.18 bits per heavy atom. The molecule has 1 spiro atoms. The molecule has 18 heteroatoms. The summed E-state index contributed by atoms with van der Waals surface area (Å²) >= 11 is 6.40. The minimum absolute atomic E-state index is 0.00299. The van der Waals surface area contributed by atoms with E-state index in [0.29, 0.717) is 75.5 Å². The first-order chi connectivity index (χ1) is 37.7. The van der Waals surface area contributed by atoms with Gasteiger partial charge in [0.05, 0.1) is 29.2 Å². The van der Waals surface area contributed by atoms with Gasteiger partial charge in [0.25, 0.3) is 5.91 Å². The van der Waals surface area contributed by atoms with E-state index in [1.165, 1.54) is 6.07 Å². The van der Waals surface area contributed by atoms with Gasteiger partial charge in [0.2, 0.25) is 11.8 Å². The number of rotatable bonds is 14. The first-order valence-electron chi connectivity index (χ1n) is 29.2. The number of likely N-dealkylation sites (tertiary alicyclic amines) is 3. The Hall–Kier alpha value is -5.65. The molecule has 7 aliphatic rings. The van der Waals surface area contributed by atoms with Gasteiger partial charge < -0.3 is 39.4 Å². The fourth-order valence-corrected chi connectivity index (χ4v) is 13.3. The lowest BCUT2D eigenvalue weighted by Gasteiger charge is -2.39. The number of fused-ring (bicyclic) bond motifs is 1. The van der Waals surface area contributed by atoms with Crippen molar-refractivity contribution in [3.63, 3.8) is 0 Å². The number of aromatic nitrogens is 3. The Labute approximate surface area is 463 Å². The average Bonchev–Trinajstić information content (AvgIpc) is 4.53. The summed E-state index contributed by atoms with van der Waals surface area (Å²) in [6, 6.07) is 14.0. The number of nitrogens with one attached hydrogen (secondary N) is 2. The highest BCUT2D eigenvalue weighted by Gasteiger charge is 2.65. The number of carbonyl (C=O) groups excluding carboxylic acids is 4. The summed E-state index contributed by atoms with van der Waals surface area (Å²) in [5.74, 6) is 0.849. The number of amides is 4. The summed E-state index contributed by atoms with van der Waals surface area (Å²) in [6.45, 7) is 12.0. The van der Waals surface area contributed by atoms with Crippen molar-refractivity contribution in [3.8, 4) is 0 Å². The molecule has 7 heterocycles. The molecule has 2 aromatic heterocycles. The second-order valence-electron chi connectivity index (χ2n) is 24.2. The van der Waals surface area contributed by atoms with Crippen LogP contribution in [0, 0.1) is 17.7 Å². The molecule has 2 aromatic carbocycles. The Balaban J connectivity index is 0.682. The molecule has 5 aliphatic heterocycles. The Bertz CT molecular complexity index is 2820. The van der Waals surface area contributed by atoms with Gasteiger partial charge in [0.15, 0.2) is 0 Å². The van der Waals surface area contributed by atoms with Crippen LogP contribution in [0.25, 0.3) is 11.0 Å². The second-order valence-corrected chi connectivity index (χ2v) is 24.7. The number of halogens is 2. The second kappa shape index (κ2) is 23.2. The number of nitrogens with zero attached hydrogens (tertiary/aromatic N) is 8. The summed E-state index contributed by atoms with van der Waals surface area (Å²) in [5.41, 5.74) is 1.15. The van der Waals surface area contributed by atoms with Crippen molar-refractivity contribution in [1.29, 1.82) is 0 Å². The van der Waals surface area contributed by atoms with E-state index in [-0.39, 0.29) is 59.5 Å². The highest BCUT2D eigenvalue weighted by Crippen LogP contribution is 2.48. The lowest BCUT2D eigenvalue weighted by molar-refractivity contribution is -0.139. The molecule has 11 rings (SSSR count). The maximum atomic E-state index is 16.3. The maximum Gasteiger partial charge on any atom is 0.416 e. The number of carbonyl (C=O) groups is 4. The van der Waals surface area contributed by atoms with E-state index in [4.69, 9.17) is 26.1 Å². The highest BCUT2D eigenvalue weighted by atomic mass is 35.5. The topological polar surface area (TPSA) is 169 Å². The predicted octanol–water partition coefficient (Wildman–Crippen LogP) is 9.84. The van der Waals surface area contributed by atoms with Gasteiger partial charge in [-0.1, -0.05) is 55.1 Å². The molecule has 7 fully saturated rings. The summed E-state index contributed by atoms with van der Waals surface area (Å²) < 4.78 is 29.1. The van der Waals surface area contributed by atoms with Crippen LogP contribution in [0.15, 0.2) is 66.0 Å². The van der Waals surface area contributed by atoms with Gasteiger partial charge in [0, 0.05) is 76.0 Å². The summed E-state index contributed by atoms with van der Waals surface area (Å²) in [6.07, 6.45) is 16.7. The molecule has 2 aliphatic carbocycles. The molecular formula is C60H78ClFN10O6. The Morgan fingerprint density at radius 1 is 0.821 bits per heavy atom. The molecule has 78 heavy (non-hydrogen) atoms. The van der Waals surface area contributed by atoms with Crippen molar-refractivity contribution in [2.45, 2.75) is 165 Å². The van der Waals surface area contributed by atoms with Crippen LogP contribution < -0.4 is 10.2 Å². The van der Waals surface area contributed by atoms with E-state index in [1.807, 2.05) is 67.1 Å². The monoisotopic (exact) mass is 1090 g/mol. The van der Waals surface area contributed by atoms with Crippen LogP contribution in [0.1, 0.15) is 157 Å². The minimum atomic E-state index is -0.718. The average molecular weight is 1090 g/mol. The summed E-state index contributed by atoms with van der Waals surface area (Å²) in [4.78, 5) is 83.2. The number of piperidine rings is 4. The Kier molecular flexibility index (Phi) is 16.2. The lowest BCUT2D eigenvalue weighted by Crippen LogP contribution is -2.55. The zero-order valence-electron chi connectivity index (χ0n) is 45.8. The third-order valence-electron chi connectivity index (χ3n) is 17.9. The number of anilines is 1. The molecule has 4 aromatic rings. The molecule has 0 unspecified atom stereocenters. The Morgan fingerprint density at radius 2 is 1.50 bits per heavy atom. The molecule has 2 N–H and O–H groups in total. The van der Waals surface area contributed by atoms with Crippen molar-refractivity contribution in [3.05, 3.63) is 88.6 Å². The van der Waals surface area contributed by atoms with Crippen molar-refractivity contribution in [2.24, 2.45) is 16.8 Å². The van der Waals surface area contributed by atoms with Crippen LogP contribution in [-0.4, -0.2) is 152 Å². The van der Waals surface area contributed by atoms with Gasteiger partial charge >= 0.3 is 6.09 Å². The van der Waals surface area contributed by atoms with E-state index >= 15 is 4.39 Å². The first-order valence-corrected chi connectivity index (χ1v) is 29.5. The molecule has 2 saturated carbocycles. The first kappa shape index (κ1) is 54.3. The van der Waals surface area contributed by atoms with Crippen LogP contribution in [0.2, 0.25) is 5.02 Å². The zero-order chi connectivity index (χ0) is 54.1. The number of benzene rings is 2. The SMILES string of the molecule is CC(C)(C)OC(=O)N1C(=N[C@@H](CCN2CCC(OC3CCN(C(=O)[C@H](NC(=O)c4cccc(C5CCN(C(=O)C6CC6)CC5)c4F)C4CCCCC4)CC3)CC2)c2ccc(Cl)cc2)C12CCN(c1ncnc3[nH]ccc13)CC2. The summed E-state index contributed by atoms with van der Waals surface area (Å²) in [5, 5.41) is 4.71. The van der Waals surface area contributed by atoms with Crippen molar-refractivity contribution in [2.75, 3.05) is 63.8 Å². The van der Waals surface area contributed by atoms with Crippen molar-refractivity contribution < 1.29 is 33.0 Å². The molecule has 16 nitrogen and oxygen atoms in total.